The normalized spacial score (nSPS) is 10.6. The number of aromatic amines is 1. The molecule has 0 atom stereocenters. The van der Waals surface area contributed by atoms with E-state index in [1.165, 1.54) is 11.1 Å². The number of ether oxygens (including phenoxy) is 1. The lowest BCUT2D eigenvalue weighted by Crippen LogP contribution is -2.07. The second-order valence-electron chi connectivity index (χ2n) is 5.25. The Labute approximate surface area is 131 Å². The first kappa shape index (κ1) is 14.5. The van der Waals surface area contributed by atoms with Gasteiger partial charge >= 0.3 is 0 Å². The van der Waals surface area contributed by atoms with E-state index in [1.54, 1.807) is 12.5 Å². The first-order valence-electron chi connectivity index (χ1n) is 7.29. The monoisotopic (exact) mass is 288 g/mol. The fourth-order valence-electron chi connectivity index (χ4n) is 2.45. The van der Waals surface area contributed by atoms with Gasteiger partial charge in [-0.15, -0.1) is 0 Å². The fraction of sp³-hybridized carbons (Fsp3) is 0.167. The van der Waals surface area contributed by atoms with Gasteiger partial charge in [0.15, 0.2) is 0 Å². The number of aromatic nitrogens is 2. The third kappa shape index (κ3) is 3.22. The lowest BCUT2D eigenvalue weighted by atomic mass is 9.93. The van der Waals surface area contributed by atoms with Crippen molar-refractivity contribution in [1.82, 2.24) is 9.97 Å². The molecule has 1 aromatic heterocycles. The largest absolute Gasteiger partial charge is 0.493 e. The Hall–Kier alpha value is -2.49. The van der Waals surface area contributed by atoms with E-state index in [4.69, 9.17) is 12.6 Å². The van der Waals surface area contributed by atoms with Gasteiger partial charge in [0.1, 0.15) is 13.6 Å². The zero-order valence-corrected chi connectivity index (χ0v) is 12.5. The van der Waals surface area contributed by atoms with Gasteiger partial charge in [0, 0.05) is 12.0 Å². The van der Waals surface area contributed by atoms with Crippen molar-refractivity contribution in [2.45, 2.75) is 13.3 Å². The van der Waals surface area contributed by atoms with Gasteiger partial charge < -0.3 is 9.72 Å². The molecule has 4 heteroatoms. The molecule has 3 aromatic rings. The Morgan fingerprint density at radius 2 is 2.05 bits per heavy atom. The zero-order valence-electron chi connectivity index (χ0n) is 12.5. The quantitative estimate of drug-likeness (QED) is 0.733. The van der Waals surface area contributed by atoms with E-state index in [2.05, 4.69) is 41.2 Å². The number of nitrogens with zero attached hydrogens (tertiary/aromatic N) is 1. The lowest BCUT2D eigenvalue weighted by Gasteiger charge is -2.12. The van der Waals surface area contributed by atoms with Gasteiger partial charge in [0.25, 0.3) is 0 Å². The van der Waals surface area contributed by atoms with Crippen LogP contribution in [0.1, 0.15) is 11.1 Å². The van der Waals surface area contributed by atoms with Gasteiger partial charge in [0.2, 0.25) is 0 Å². The van der Waals surface area contributed by atoms with Gasteiger partial charge in [-0.25, -0.2) is 4.98 Å². The first-order valence-corrected chi connectivity index (χ1v) is 7.29. The average Bonchev–Trinajstić information content (AvgIpc) is 3.05. The number of hydrogen-bond acceptors (Lipinski definition) is 2. The van der Waals surface area contributed by atoms with Crippen LogP contribution in [0.3, 0.4) is 0 Å². The minimum atomic E-state index is 0.621. The van der Waals surface area contributed by atoms with Crippen molar-refractivity contribution in [3.05, 3.63) is 66.1 Å². The Balaban J connectivity index is 1.74. The molecule has 3 rings (SSSR count). The van der Waals surface area contributed by atoms with Crippen LogP contribution in [0.25, 0.3) is 11.3 Å². The summed E-state index contributed by atoms with van der Waals surface area (Å²) in [6.45, 7) is 2.74. The van der Waals surface area contributed by atoms with E-state index in [9.17, 15) is 0 Å². The van der Waals surface area contributed by atoms with E-state index in [0.717, 1.165) is 23.4 Å². The van der Waals surface area contributed by atoms with Gasteiger partial charge in [-0.1, -0.05) is 41.9 Å². The molecule has 1 heterocycles. The maximum Gasteiger partial charge on any atom is 0.128 e. The molecule has 0 aliphatic heterocycles. The summed E-state index contributed by atoms with van der Waals surface area (Å²) in [7, 11) is 5.88. The van der Waals surface area contributed by atoms with Gasteiger partial charge in [0.05, 0.1) is 24.8 Å². The highest BCUT2D eigenvalue weighted by Crippen LogP contribution is 2.27. The van der Waals surface area contributed by atoms with Crippen LogP contribution in [0.4, 0.5) is 0 Å². The van der Waals surface area contributed by atoms with Crippen molar-refractivity contribution < 1.29 is 4.74 Å². The van der Waals surface area contributed by atoms with Gasteiger partial charge in [-0.2, -0.15) is 0 Å². The predicted molar refractivity (Wildman–Crippen MR) is 89.8 cm³/mol. The van der Waals surface area contributed by atoms with E-state index in [1.807, 2.05) is 18.2 Å². The van der Waals surface area contributed by atoms with E-state index in [0.29, 0.717) is 12.1 Å². The molecule has 1 N–H and O–H groups in total. The summed E-state index contributed by atoms with van der Waals surface area (Å²) >= 11 is 0. The zero-order chi connectivity index (χ0) is 15.4. The van der Waals surface area contributed by atoms with Crippen LogP contribution in [-0.2, 0) is 6.42 Å². The van der Waals surface area contributed by atoms with E-state index in [-0.39, 0.29) is 0 Å². The topological polar surface area (TPSA) is 37.9 Å². The number of nitrogens with one attached hydrogen (secondary N) is 1. The van der Waals surface area contributed by atoms with Crippen LogP contribution in [0, 0.1) is 6.92 Å². The molecule has 0 fully saturated rings. The number of benzene rings is 2. The van der Waals surface area contributed by atoms with Gasteiger partial charge in [-0.3, -0.25) is 0 Å². The number of aryl methyl sites for hydroxylation is 1. The molecular weight excluding hydrogens is 271 g/mol. The molecule has 0 aliphatic carbocycles. The van der Waals surface area contributed by atoms with Crippen LogP contribution in [0.5, 0.6) is 5.75 Å². The molecule has 2 radical (unpaired) electrons. The molecule has 0 saturated carbocycles. The van der Waals surface area contributed by atoms with Crippen LogP contribution in [0.15, 0.2) is 55.0 Å². The van der Waals surface area contributed by atoms with Crippen LogP contribution in [0.2, 0.25) is 0 Å². The summed E-state index contributed by atoms with van der Waals surface area (Å²) in [6, 6.07) is 14.0. The van der Waals surface area contributed by atoms with Crippen molar-refractivity contribution in [2.75, 3.05) is 6.61 Å². The number of hydrogen-bond donors (Lipinski definition) is 1. The first-order chi connectivity index (χ1) is 10.7. The molecule has 0 bridgehead atoms. The van der Waals surface area contributed by atoms with Crippen molar-refractivity contribution >= 4 is 13.3 Å². The molecule has 2 aromatic carbocycles. The van der Waals surface area contributed by atoms with Crippen LogP contribution < -0.4 is 10.2 Å². The summed E-state index contributed by atoms with van der Waals surface area (Å²) in [5.41, 5.74) is 5.13. The summed E-state index contributed by atoms with van der Waals surface area (Å²) in [4.78, 5) is 7.15. The predicted octanol–water partition coefficient (Wildman–Crippen LogP) is 2.80. The molecule has 22 heavy (non-hydrogen) atoms. The fourth-order valence-corrected chi connectivity index (χ4v) is 2.45. The highest BCUT2D eigenvalue weighted by Gasteiger charge is 2.08. The van der Waals surface area contributed by atoms with Crippen LogP contribution in [-0.4, -0.2) is 24.4 Å². The molecule has 0 unspecified atom stereocenters. The standard InChI is InChI=1S/C18H17BN2O/c1-13-4-2-3-5-14(13)8-9-22-18-7-6-15(19)10-16(18)17-11-20-12-21-17/h2-7,10-12H,8-9H2,1H3,(H,20,21). The maximum absolute atomic E-state index is 5.97. The Morgan fingerprint density at radius 3 is 2.82 bits per heavy atom. The highest BCUT2D eigenvalue weighted by atomic mass is 16.5. The Morgan fingerprint density at radius 1 is 1.18 bits per heavy atom. The molecule has 0 aliphatic rings. The van der Waals surface area contributed by atoms with Crippen molar-refractivity contribution in [3.8, 4) is 17.0 Å². The summed E-state index contributed by atoms with van der Waals surface area (Å²) in [5, 5.41) is 0. The van der Waals surface area contributed by atoms with E-state index >= 15 is 0 Å². The number of rotatable bonds is 5. The summed E-state index contributed by atoms with van der Waals surface area (Å²) in [6.07, 6.45) is 4.29. The van der Waals surface area contributed by atoms with Crippen molar-refractivity contribution in [2.24, 2.45) is 0 Å². The highest BCUT2D eigenvalue weighted by molar-refractivity contribution is 6.32. The van der Waals surface area contributed by atoms with Crippen molar-refractivity contribution in [1.29, 1.82) is 0 Å². The van der Waals surface area contributed by atoms with Crippen LogP contribution >= 0.6 is 0 Å². The van der Waals surface area contributed by atoms with Gasteiger partial charge in [-0.05, 0) is 24.1 Å². The second-order valence-corrected chi connectivity index (χ2v) is 5.25. The lowest BCUT2D eigenvalue weighted by molar-refractivity contribution is 0.323. The third-order valence-corrected chi connectivity index (χ3v) is 3.68. The molecule has 3 nitrogen and oxygen atoms in total. The average molecular weight is 288 g/mol. The number of imidazole rings is 1. The molecule has 108 valence electrons. The third-order valence-electron chi connectivity index (χ3n) is 3.68. The Bertz CT molecular complexity index is 754. The van der Waals surface area contributed by atoms with E-state index < -0.39 is 0 Å². The number of H-pyrrole nitrogens is 1. The SMILES string of the molecule is [B]c1ccc(OCCc2ccccc2C)c(-c2cnc[nH]2)c1. The second kappa shape index (κ2) is 6.52. The smallest absolute Gasteiger partial charge is 0.128 e. The Kier molecular flexibility index (Phi) is 4.28. The molecular formula is C18H17BN2O. The maximum atomic E-state index is 5.97. The summed E-state index contributed by atoms with van der Waals surface area (Å²) in [5.74, 6) is 0.812. The molecule has 0 saturated heterocycles. The van der Waals surface area contributed by atoms with Crippen molar-refractivity contribution in [3.63, 3.8) is 0 Å². The minimum absolute atomic E-state index is 0.621. The molecule has 0 amide bonds. The summed E-state index contributed by atoms with van der Waals surface area (Å²) < 4.78 is 5.97. The minimum Gasteiger partial charge on any atom is -0.493 e. The molecule has 0 spiro atoms.